The summed E-state index contributed by atoms with van der Waals surface area (Å²) in [5.74, 6) is -0.644. The number of rotatable bonds is 16. The van der Waals surface area contributed by atoms with E-state index in [2.05, 4.69) is 26.7 Å². The fourth-order valence-electron chi connectivity index (χ4n) is 2.96. The van der Waals surface area contributed by atoms with Crippen molar-refractivity contribution in [3.63, 3.8) is 0 Å². The van der Waals surface area contributed by atoms with E-state index in [1.54, 1.807) is 20.8 Å². The Hall–Kier alpha value is -2.37. The molecule has 0 saturated heterocycles. The number of hydrogen-bond donors (Lipinski definition) is 0. The second-order valence-electron chi connectivity index (χ2n) is 7.78. The molecular formula is C24H38O6. The van der Waals surface area contributed by atoms with Crippen LogP contribution in [-0.4, -0.2) is 37.7 Å². The van der Waals surface area contributed by atoms with Crippen LogP contribution >= 0.6 is 0 Å². The van der Waals surface area contributed by atoms with Gasteiger partial charge in [0.15, 0.2) is 0 Å². The molecule has 2 unspecified atom stereocenters. The van der Waals surface area contributed by atoms with Crippen molar-refractivity contribution in [1.29, 1.82) is 0 Å². The van der Waals surface area contributed by atoms with Gasteiger partial charge in [-0.05, 0) is 64.7 Å². The lowest BCUT2D eigenvalue weighted by atomic mass is 9.83. The van der Waals surface area contributed by atoms with Crippen molar-refractivity contribution in [2.45, 2.75) is 66.2 Å². The van der Waals surface area contributed by atoms with Crippen LogP contribution in [0.4, 0.5) is 0 Å². The van der Waals surface area contributed by atoms with Gasteiger partial charge in [-0.25, -0.2) is 14.4 Å². The third-order valence-electron chi connectivity index (χ3n) is 4.82. The Bertz CT molecular complexity index is 619. The van der Waals surface area contributed by atoms with E-state index in [4.69, 9.17) is 14.2 Å². The average Bonchev–Trinajstić information content (AvgIpc) is 2.69. The lowest BCUT2D eigenvalue weighted by Gasteiger charge is -2.26. The van der Waals surface area contributed by atoms with E-state index in [0.29, 0.717) is 42.5 Å². The fourth-order valence-corrected chi connectivity index (χ4v) is 2.96. The molecule has 0 aliphatic carbocycles. The van der Waals surface area contributed by atoms with Crippen molar-refractivity contribution in [3.8, 4) is 0 Å². The first-order valence-corrected chi connectivity index (χ1v) is 10.6. The van der Waals surface area contributed by atoms with Crippen LogP contribution in [0.2, 0.25) is 0 Å². The Morgan fingerprint density at radius 2 is 1.10 bits per heavy atom. The van der Waals surface area contributed by atoms with Gasteiger partial charge in [-0.1, -0.05) is 33.1 Å². The molecule has 0 N–H and O–H groups in total. The minimum Gasteiger partial charge on any atom is -0.462 e. The first kappa shape index (κ1) is 27.6. The lowest BCUT2D eigenvalue weighted by molar-refractivity contribution is -0.142. The summed E-state index contributed by atoms with van der Waals surface area (Å²) in [5.41, 5.74) is 1.15. The smallest absolute Gasteiger partial charge is 0.333 e. The van der Waals surface area contributed by atoms with E-state index >= 15 is 0 Å². The van der Waals surface area contributed by atoms with E-state index in [0.717, 1.165) is 38.5 Å². The molecule has 30 heavy (non-hydrogen) atoms. The molecule has 0 aliphatic rings. The molecule has 0 fully saturated rings. The Labute approximate surface area is 181 Å². The summed E-state index contributed by atoms with van der Waals surface area (Å²) in [6.45, 7) is 18.7. The van der Waals surface area contributed by atoms with E-state index in [1.165, 1.54) is 0 Å². The first-order chi connectivity index (χ1) is 14.1. The van der Waals surface area contributed by atoms with Crippen LogP contribution < -0.4 is 0 Å². The zero-order valence-corrected chi connectivity index (χ0v) is 19.1. The van der Waals surface area contributed by atoms with Gasteiger partial charge >= 0.3 is 17.9 Å². The summed E-state index contributed by atoms with van der Waals surface area (Å²) < 4.78 is 15.7. The standard InChI is InChI=1S/C24H38O6/c1-8-20(13-11-15-29-23(26)18(4)5)21(16-30-24(27)19(6)7)12-9-10-14-28-22(25)17(2)3/h20-21H,2,4,6,8-16H2,1,3,5,7H3. The lowest BCUT2D eigenvalue weighted by Crippen LogP contribution is -2.23. The minimum atomic E-state index is -0.388. The Morgan fingerprint density at radius 1 is 0.667 bits per heavy atom. The van der Waals surface area contributed by atoms with Gasteiger partial charge in [0.25, 0.3) is 0 Å². The van der Waals surface area contributed by atoms with E-state index in [1.807, 2.05) is 0 Å². The molecule has 0 radical (unpaired) electrons. The zero-order chi connectivity index (χ0) is 23.1. The van der Waals surface area contributed by atoms with Gasteiger partial charge in [-0.15, -0.1) is 0 Å². The fraction of sp³-hybridized carbons (Fsp3) is 0.625. The summed E-state index contributed by atoms with van der Waals surface area (Å²) >= 11 is 0. The van der Waals surface area contributed by atoms with Gasteiger partial charge in [0.05, 0.1) is 19.8 Å². The molecule has 0 saturated carbocycles. The Morgan fingerprint density at radius 3 is 1.57 bits per heavy atom. The maximum atomic E-state index is 11.8. The first-order valence-electron chi connectivity index (χ1n) is 10.6. The van der Waals surface area contributed by atoms with Gasteiger partial charge in [-0.2, -0.15) is 0 Å². The summed E-state index contributed by atoms with van der Waals surface area (Å²) in [7, 11) is 0. The van der Waals surface area contributed by atoms with Crippen molar-refractivity contribution in [2.24, 2.45) is 11.8 Å². The maximum absolute atomic E-state index is 11.8. The third kappa shape index (κ3) is 12.2. The second-order valence-corrected chi connectivity index (χ2v) is 7.78. The SMILES string of the molecule is C=C(C)C(=O)OCCCCC(COC(=O)C(=C)C)C(CC)CCCOC(=O)C(=C)C. The molecular weight excluding hydrogens is 384 g/mol. The summed E-state index contributed by atoms with van der Waals surface area (Å²) in [6.07, 6.45) is 4.95. The highest BCUT2D eigenvalue weighted by Gasteiger charge is 2.22. The number of esters is 3. The molecule has 170 valence electrons. The molecule has 0 rings (SSSR count). The van der Waals surface area contributed by atoms with Gasteiger partial charge in [-0.3, -0.25) is 0 Å². The molecule has 0 aromatic carbocycles. The van der Waals surface area contributed by atoms with Crippen molar-refractivity contribution < 1.29 is 28.6 Å². The predicted octanol–water partition coefficient (Wildman–Crippen LogP) is 4.94. The molecule has 6 heteroatoms. The molecule has 0 aliphatic heterocycles. The highest BCUT2D eigenvalue weighted by atomic mass is 16.5. The zero-order valence-electron chi connectivity index (χ0n) is 19.1. The highest BCUT2D eigenvalue weighted by Crippen LogP contribution is 2.27. The van der Waals surface area contributed by atoms with Gasteiger partial charge in [0.1, 0.15) is 0 Å². The molecule has 0 aromatic rings. The number of hydrogen-bond acceptors (Lipinski definition) is 6. The van der Waals surface area contributed by atoms with Crippen LogP contribution in [0.15, 0.2) is 36.5 Å². The summed E-state index contributed by atoms with van der Waals surface area (Å²) in [6, 6.07) is 0. The minimum absolute atomic E-state index is 0.173. The van der Waals surface area contributed by atoms with Gasteiger partial charge in [0, 0.05) is 16.7 Å². The van der Waals surface area contributed by atoms with Crippen LogP contribution in [0.3, 0.4) is 0 Å². The second kappa shape index (κ2) is 15.5. The molecule has 2 atom stereocenters. The van der Waals surface area contributed by atoms with Gasteiger partial charge in [0.2, 0.25) is 0 Å². The maximum Gasteiger partial charge on any atom is 0.333 e. The number of ether oxygens (including phenoxy) is 3. The Kier molecular flexibility index (Phi) is 14.2. The predicted molar refractivity (Wildman–Crippen MR) is 118 cm³/mol. The number of carbonyl (C=O) groups excluding carboxylic acids is 3. The number of carbonyl (C=O) groups is 3. The molecule has 0 spiro atoms. The van der Waals surface area contributed by atoms with Crippen LogP contribution in [0.1, 0.15) is 66.2 Å². The van der Waals surface area contributed by atoms with E-state index < -0.39 is 0 Å². The normalized spacial score (nSPS) is 12.4. The van der Waals surface area contributed by atoms with Crippen molar-refractivity contribution in [3.05, 3.63) is 36.5 Å². The van der Waals surface area contributed by atoms with Crippen molar-refractivity contribution >= 4 is 17.9 Å². The average molecular weight is 423 g/mol. The monoisotopic (exact) mass is 422 g/mol. The van der Waals surface area contributed by atoms with Crippen LogP contribution in [-0.2, 0) is 28.6 Å². The third-order valence-corrected chi connectivity index (χ3v) is 4.82. The van der Waals surface area contributed by atoms with Crippen LogP contribution in [0, 0.1) is 11.8 Å². The topological polar surface area (TPSA) is 78.9 Å². The quantitative estimate of drug-likeness (QED) is 0.152. The highest BCUT2D eigenvalue weighted by molar-refractivity contribution is 5.87. The van der Waals surface area contributed by atoms with Crippen molar-refractivity contribution in [2.75, 3.05) is 19.8 Å². The van der Waals surface area contributed by atoms with Gasteiger partial charge < -0.3 is 14.2 Å². The van der Waals surface area contributed by atoms with Crippen LogP contribution in [0.25, 0.3) is 0 Å². The molecule has 0 bridgehead atoms. The van der Waals surface area contributed by atoms with Crippen molar-refractivity contribution in [1.82, 2.24) is 0 Å². The molecule has 0 aromatic heterocycles. The number of unbranched alkanes of at least 4 members (excludes halogenated alkanes) is 1. The molecule has 6 nitrogen and oxygen atoms in total. The largest absolute Gasteiger partial charge is 0.462 e. The summed E-state index contributed by atoms with van der Waals surface area (Å²) in [4.78, 5) is 34.8. The van der Waals surface area contributed by atoms with Crippen LogP contribution in [0.5, 0.6) is 0 Å². The Balaban J connectivity index is 4.65. The van der Waals surface area contributed by atoms with E-state index in [9.17, 15) is 14.4 Å². The van der Waals surface area contributed by atoms with E-state index in [-0.39, 0.29) is 23.8 Å². The summed E-state index contributed by atoms with van der Waals surface area (Å²) in [5, 5.41) is 0. The molecule has 0 amide bonds. The molecule has 0 heterocycles.